The molecule has 1 unspecified atom stereocenters. The fraction of sp³-hybridized carbons (Fsp3) is 0.361. The zero-order valence-electron chi connectivity index (χ0n) is 26.5. The van der Waals surface area contributed by atoms with Crippen LogP contribution in [0.25, 0.3) is 16.0 Å². The van der Waals surface area contributed by atoms with Crippen LogP contribution in [0, 0.1) is 13.8 Å². The van der Waals surface area contributed by atoms with E-state index in [0.717, 1.165) is 47.0 Å². The molecular formula is C36H40N2O6S. The first-order chi connectivity index (χ1) is 21.8. The molecule has 1 aromatic heterocycles. The van der Waals surface area contributed by atoms with Crippen molar-refractivity contribution >= 4 is 44.1 Å². The van der Waals surface area contributed by atoms with Gasteiger partial charge in [-0.15, -0.1) is 0 Å². The Morgan fingerprint density at radius 1 is 0.889 bits per heavy atom. The van der Waals surface area contributed by atoms with Gasteiger partial charge in [0.15, 0.2) is 16.6 Å². The van der Waals surface area contributed by atoms with Crippen LogP contribution in [-0.2, 0) is 9.59 Å². The van der Waals surface area contributed by atoms with E-state index in [1.807, 2.05) is 45.9 Å². The van der Waals surface area contributed by atoms with Crippen molar-refractivity contribution < 1.29 is 28.9 Å². The number of aryl methyl sites for hydroxylation is 2. The highest BCUT2D eigenvalue weighted by Crippen LogP contribution is 2.46. The maximum atomic E-state index is 13.8. The van der Waals surface area contributed by atoms with E-state index in [0.29, 0.717) is 53.3 Å². The number of aliphatic hydroxyl groups is 1. The zero-order valence-corrected chi connectivity index (χ0v) is 27.3. The highest BCUT2D eigenvalue weighted by Gasteiger charge is 2.48. The number of carbonyl (C=O) groups is 2. The second-order valence-electron chi connectivity index (χ2n) is 11.2. The van der Waals surface area contributed by atoms with Crippen LogP contribution in [-0.4, -0.2) is 41.6 Å². The molecule has 5 rings (SSSR count). The van der Waals surface area contributed by atoms with Gasteiger partial charge in [-0.05, 0) is 92.8 Å². The van der Waals surface area contributed by atoms with Crippen LogP contribution in [0.2, 0.25) is 0 Å². The number of aliphatic hydroxyl groups excluding tert-OH is 1. The number of aromatic nitrogens is 1. The van der Waals surface area contributed by atoms with Crippen LogP contribution in [0.3, 0.4) is 0 Å². The lowest BCUT2D eigenvalue weighted by atomic mass is 9.95. The fourth-order valence-corrected chi connectivity index (χ4v) is 6.68. The first kappa shape index (κ1) is 32.0. The summed E-state index contributed by atoms with van der Waals surface area (Å²) in [4.78, 5) is 33.9. The van der Waals surface area contributed by atoms with Gasteiger partial charge in [-0.3, -0.25) is 14.5 Å². The van der Waals surface area contributed by atoms with Gasteiger partial charge in [-0.25, -0.2) is 4.98 Å². The van der Waals surface area contributed by atoms with E-state index < -0.39 is 17.7 Å². The summed E-state index contributed by atoms with van der Waals surface area (Å²) in [5.41, 5.74) is 3.81. The molecule has 0 aliphatic carbocycles. The zero-order chi connectivity index (χ0) is 32.1. The van der Waals surface area contributed by atoms with Gasteiger partial charge in [0, 0.05) is 5.56 Å². The summed E-state index contributed by atoms with van der Waals surface area (Å²) in [5.74, 6) is -0.0625. The number of fused-ring (bicyclic) bond motifs is 1. The molecule has 1 saturated heterocycles. The van der Waals surface area contributed by atoms with E-state index in [-0.39, 0.29) is 11.3 Å². The molecule has 1 aliphatic rings. The minimum Gasteiger partial charge on any atom is -0.507 e. The van der Waals surface area contributed by atoms with Crippen molar-refractivity contribution in [3.63, 3.8) is 0 Å². The molecule has 8 nitrogen and oxygen atoms in total. The van der Waals surface area contributed by atoms with Crippen LogP contribution in [0.4, 0.5) is 5.13 Å². The number of benzene rings is 3. The summed E-state index contributed by atoms with van der Waals surface area (Å²) in [6.45, 7) is 11.6. The van der Waals surface area contributed by atoms with E-state index in [9.17, 15) is 14.7 Å². The average molecular weight is 629 g/mol. The Kier molecular flexibility index (Phi) is 10.1. The van der Waals surface area contributed by atoms with Crippen molar-refractivity contribution in [2.75, 3.05) is 24.7 Å². The first-order valence-corrected chi connectivity index (χ1v) is 16.4. The number of nitrogens with zero attached hydrogens (tertiary/aromatic N) is 2. The van der Waals surface area contributed by atoms with Crippen molar-refractivity contribution in [2.24, 2.45) is 0 Å². The second kappa shape index (κ2) is 14.2. The summed E-state index contributed by atoms with van der Waals surface area (Å²) in [6, 6.07) is 15.4. The maximum absolute atomic E-state index is 13.8. The van der Waals surface area contributed by atoms with Crippen molar-refractivity contribution in [1.29, 1.82) is 0 Å². The van der Waals surface area contributed by atoms with Gasteiger partial charge in [0.1, 0.15) is 11.5 Å². The van der Waals surface area contributed by atoms with E-state index in [2.05, 4.69) is 6.92 Å². The number of amides is 1. The van der Waals surface area contributed by atoms with Gasteiger partial charge in [0.2, 0.25) is 0 Å². The summed E-state index contributed by atoms with van der Waals surface area (Å²) in [6.07, 6.45) is 3.92. The van der Waals surface area contributed by atoms with Gasteiger partial charge in [0.05, 0.1) is 41.7 Å². The third-order valence-corrected chi connectivity index (χ3v) is 8.66. The Balaban J connectivity index is 1.65. The van der Waals surface area contributed by atoms with E-state index >= 15 is 0 Å². The van der Waals surface area contributed by atoms with Gasteiger partial charge in [-0.1, -0.05) is 50.2 Å². The molecule has 2 heterocycles. The third-order valence-electron chi connectivity index (χ3n) is 7.66. The number of ether oxygens (including phenoxy) is 3. The van der Waals surface area contributed by atoms with Crippen molar-refractivity contribution in [3.05, 3.63) is 82.4 Å². The Hall–Kier alpha value is -4.37. The van der Waals surface area contributed by atoms with Gasteiger partial charge in [0.25, 0.3) is 5.78 Å². The standard InChI is InChI=1S/C36H40N2O6S/c1-6-9-10-18-44-27-16-13-25(21-28(27)42-8-3)32-30(33(39)24-11-14-26(15-12-24)43-17-7-2)34(40)35(41)38(32)36-37-31-23(5)19-22(4)20-29(31)45-36/h11-16,19-21,32,39H,6-10,17-18H2,1-5H3/b33-30+. The third kappa shape index (κ3) is 6.68. The quantitative estimate of drug-likeness (QED) is 0.0688. The number of carbonyl (C=O) groups excluding carboxylic acids is 2. The smallest absolute Gasteiger partial charge is 0.301 e. The summed E-state index contributed by atoms with van der Waals surface area (Å²) >= 11 is 1.34. The SMILES string of the molecule is CCCCCOc1ccc(C2/C(=C(\O)c3ccc(OCCC)cc3)C(=O)C(=O)N2c2nc3c(C)cc(C)cc3s2)cc1OCC. The molecule has 4 aromatic rings. The molecule has 1 amide bonds. The van der Waals surface area contributed by atoms with Crippen LogP contribution in [0.1, 0.15) is 74.8 Å². The van der Waals surface area contributed by atoms with Gasteiger partial charge < -0.3 is 19.3 Å². The number of hydrogen-bond acceptors (Lipinski definition) is 8. The molecule has 1 aliphatic heterocycles. The van der Waals surface area contributed by atoms with Crippen LogP contribution >= 0.6 is 11.3 Å². The molecule has 9 heteroatoms. The Labute approximate surface area is 268 Å². The van der Waals surface area contributed by atoms with E-state index in [1.165, 1.54) is 16.2 Å². The van der Waals surface area contributed by atoms with E-state index in [1.54, 1.807) is 36.4 Å². The molecule has 0 radical (unpaired) electrons. The van der Waals surface area contributed by atoms with Crippen molar-refractivity contribution in [3.8, 4) is 17.2 Å². The lowest BCUT2D eigenvalue weighted by molar-refractivity contribution is -0.132. The highest BCUT2D eigenvalue weighted by atomic mass is 32.1. The number of thiazole rings is 1. The van der Waals surface area contributed by atoms with Gasteiger partial charge in [-0.2, -0.15) is 0 Å². The number of ketones is 1. The lowest BCUT2D eigenvalue weighted by Gasteiger charge is -2.24. The summed E-state index contributed by atoms with van der Waals surface area (Å²) < 4.78 is 18.6. The average Bonchev–Trinajstić information content (AvgIpc) is 3.57. The fourth-order valence-electron chi connectivity index (χ4n) is 5.51. The molecule has 1 fully saturated rings. The Bertz CT molecular complexity index is 1730. The topological polar surface area (TPSA) is 98.2 Å². The molecule has 0 saturated carbocycles. The van der Waals surface area contributed by atoms with Crippen molar-refractivity contribution in [2.45, 2.75) is 66.3 Å². The Morgan fingerprint density at radius 3 is 2.38 bits per heavy atom. The lowest BCUT2D eigenvalue weighted by Crippen LogP contribution is -2.29. The maximum Gasteiger partial charge on any atom is 0.301 e. The van der Waals surface area contributed by atoms with E-state index in [4.69, 9.17) is 19.2 Å². The van der Waals surface area contributed by atoms with Crippen molar-refractivity contribution in [1.82, 2.24) is 4.98 Å². The largest absolute Gasteiger partial charge is 0.507 e. The van der Waals surface area contributed by atoms with Crippen LogP contribution < -0.4 is 19.1 Å². The molecule has 236 valence electrons. The first-order valence-electron chi connectivity index (χ1n) is 15.6. The number of hydrogen-bond donors (Lipinski definition) is 1. The second-order valence-corrected chi connectivity index (χ2v) is 12.2. The highest BCUT2D eigenvalue weighted by molar-refractivity contribution is 7.22. The predicted molar refractivity (Wildman–Crippen MR) is 179 cm³/mol. The molecule has 1 atom stereocenters. The number of Topliss-reactive ketones (excluding diaryl/α,β-unsaturated/α-hetero) is 1. The normalized spacial score (nSPS) is 16.0. The van der Waals surface area contributed by atoms with Crippen LogP contribution in [0.5, 0.6) is 17.2 Å². The molecular weight excluding hydrogens is 588 g/mol. The Morgan fingerprint density at radius 2 is 1.67 bits per heavy atom. The summed E-state index contributed by atoms with van der Waals surface area (Å²) in [7, 11) is 0. The summed E-state index contributed by atoms with van der Waals surface area (Å²) in [5, 5.41) is 12.0. The minimum atomic E-state index is -0.948. The monoisotopic (exact) mass is 628 g/mol. The molecule has 0 spiro atoms. The van der Waals surface area contributed by atoms with Gasteiger partial charge >= 0.3 is 5.91 Å². The minimum absolute atomic E-state index is 0.0200. The molecule has 1 N–H and O–H groups in total. The number of anilines is 1. The number of unbranched alkanes of at least 4 members (excludes halogenated alkanes) is 2. The number of rotatable bonds is 13. The molecule has 3 aromatic carbocycles. The van der Waals surface area contributed by atoms with Crippen LogP contribution in [0.15, 0.2) is 60.2 Å². The molecule has 0 bridgehead atoms. The molecule has 45 heavy (non-hydrogen) atoms. The predicted octanol–water partition coefficient (Wildman–Crippen LogP) is 8.30.